The number of carbonyl (C=O) groups is 1. The summed E-state index contributed by atoms with van der Waals surface area (Å²) in [4.78, 5) is 12.8. The second-order valence-electron chi connectivity index (χ2n) is 3.99. The molecule has 1 heterocycles. The van der Waals surface area contributed by atoms with Gasteiger partial charge in [0.1, 0.15) is 6.29 Å². The van der Waals surface area contributed by atoms with Crippen molar-refractivity contribution < 1.29 is 4.79 Å². The minimum Gasteiger partial charge on any atom is -0.316 e. The molecule has 2 rings (SSSR count). The maximum atomic E-state index is 10.7. The van der Waals surface area contributed by atoms with Crippen LogP contribution in [0.4, 0.5) is 0 Å². The highest BCUT2D eigenvalue weighted by Crippen LogP contribution is 2.32. The Hall–Kier alpha value is -0.410. The lowest BCUT2D eigenvalue weighted by Gasteiger charge is -2.24. The maximum absolute atomic E-state index is 10.7. The summed E-state index contributed by atoms with van der Waals surface area (Å²) in [6, 6.07) is 0.112. The summed E-state index contributed by atoms with van der Waals surface area (Å²) in [5, 5.41) is 0. The van der Waals surface area contributed by atoms with Crippen LogP contribution in [0.3, 0.4) is 0 Å². The van der Waals surface area contributed by atoms with Gasteiger partial charge in [-0.15, -0.1) is 0 Å². The summed E-state index contributed by atoms with van der Waals surface area (Å²) in [5.41, 5.74) is 5.89. The van der Waals surface area contributed by atoms with E-state index < -0.39 is 0 Å². The average Bonchev–Trinajstić information content (AvgIpc) is 2.80. The van der Waals surface area contributed by atoms with E-state index in [4.69, 9.17) is 5.73 Å². The number of nitrogens with two attached hydrogens (primary N) is 1. The third-order valence-electron chi connectivity index (χ3n) is 2.93. The van der Waals surface area contributed by atoms with Crippen LogP contribution in [-0.4, -0.2) is 29.9 Å². The van der Waals surface area contributed by atoms with E-state index in [1.165, 1.54) is 12.8 Å². The summed E-state index contributed by atoms with van der Waals surface area (Å²) >= 11 is 0. The SMILES string of the molecule is NC1CCC(C=O)N1CC1CC1. The topological polar surface area (TPSA) is 46.3 Å². The van der Waals surface area contributed by atoms with Crippen LogP contribution in [0.5, 0.6) is 0 Å². The molecule has 0 aromatic heterocycles. The maximum Gasteiger partial charge on any atom is 0.137 e. The number of hydrogen-bond acceptors (Lipinski definition) is 3. The molecule has 2 fully saturated rings. The predicted molar refractivity (Wildman–Crippen MR) is 46.5 cm³/mol. The fourth-order valence-corrected chi connectivity index (χ4v) is 1.93. The highest BCUT2D eigenvalue weighted by Gasteiger charge is 2.34. The first-order valence-corrected chi connectivity index (χ1v) is 4.78. The van der Waals surface area contributed by atoms with Crippen molar-refractivity contribution in [1.82, 2.24) is 4.90 Å². The van der Waals surface area contributed by atoms with Gasteiger partial charge in [-0.05, 0) is 31.6 Å². The molecule has 0 spiro atoms. The molecule has 0 radical (unpaired) electrons. The third-order valence-corrected chi connectivity index (χ3v) is 2.93. The molecule has 3 heteroatoms. The van der Waals surface area contributed by atoms with E-state index in [9.17, 15) is 4.79 Å². The normalized spacial score (nSPS) is 37.1. The van der Waals surface area contributed by atoms with Crippen molar-refractivity contribution in [3.05, 3.63) is 0 Å². The van der Waals surface area contributed by atoms with Gasteiger partial charge >= 0.3 is 0 Å². The van der Waals surface area contributed by atoms with Crippen LogP contribution in [-0.2, 0) is 4.79 Å². The van der Waals surface area contributed by atoms with Crippen LogP contribution in [0.2, 0.25) is 0 Å². The van der Waals surface area contributed by atoms with Gasteiger partial charge in [-0.3, -0.25) is 4.90 Å². The van der Waals surface area contributed by atoms with Crippen LogP contribution < -0.4 is 5.73 Å². The Kier molecular flexibility index (Phi) is 2.15. The van der Waals surface area contributed by atoms with E-state index in [1.54, 1.807) is 0 Å². The summed E-state index contributed by atoms with van der Waals surface area (Å²) in [5.74, 6) is 0.830. The number of nitrogens with zero attached hydrogens (tertiary/aromatic N) is 1. The molecule has 1 aliphatic heterocycles. The quantitative estimate of drug-likeness (QED) is 0.618. The number of carbonyl (C=O) groups excluding carboxylic acids is 1. The van der Waals surface area contributed by atoms with Crippen molar-refractivity contribution in [2.45, 2.75) is 37.9 Å². The van der Waals surface area contributed by atoms with Crippen molar-refractivity contribution in [3.8, 4) is 0 Å². The van der Waals surface area contributed by atoms with Crippen molar-refractivity contribution in [2.24, 2.45) is 11.7 Å². The Morgan fingerprint density at radius 3 is 2.67 bits per heavy atom. The van der Waals surface area contributed by atoms with Crippen molar-refractivity contribution in [1.29, 1.82) is 0 Å². The van der Waals surface area contributed by atoms with Gasteiger partial charge in [-0.1, -0.05) is 0 Å². The Morgan fingerprint density at radius 2 is 2.08 bits per heavy atom. The molecule has 1 aliphatic carbocycles. The standard InChI is InChI=1S/C9H16N2O/c10-9-4-3-8(6-12)11(9)5-7-1-2-7/h6-9H,1-5,10H2. The van der Waals surface area contributed by atoms with Crippen LogP contribution in [0.1, 0.15) is 25.7 Å². The molecule has 0 aromatic rings. The minimum absolute atomic E-state index is 0.112. The monoisotopic (exact) mass is 168 g/mol. The lowest BCUT2D eigenvalue weighted by Crippen LogP contribution is -2.43. The first-order chi connectivity index (χ1) is 5.81. The van der Waals surface area contributed by atoms with E-state index in [-0.39, 0.29) is 12.2 Å². The molecule has 2 unspecified atom stereocenters. The zero-order valence-electron chi connectivity index (χ0n) is 7.28. The molecule has 2 atom stereocenters. The van der Waals surface area contributed by atoms with E-state index in [1.807, 2.05) is 0 Å². The summed E-state index contributed by atoms with van der Waals surface area (Å²) in [6.45, 7) is 1.05. The molecule has 3 nitrogen and oxygen atoms in total. The van der Waals surface area contributed by atoms with Crippen LogP contribution in [0, 0.1) is 5.92 Å². The highest BCUT2D eigenvalue weighted by molar-refractivity contribution is 5.58. The van der Waals surface area contributed by atoms with Gasteiger partial charge in [0.15, 0.2) is 0 Å². The van der Waals surface area contributed by atoms with Crippen molar-refractivity contribution in [2.75, 3.05) is 6.54 Å². The van der Waals surface area contributed by atoms with Crippen molar-refractivity contribution in [3.63, 3.8) is 0 Å². The first-order valence-electron chi connectivity index (χ1n) is 4.78. The zero-order valence-corrected chi connectivity index (χ0v) is 7.28. The van der Waals surface area contributed by atoms with Crippen LogP contribution in [0.25, 0.3) is 0 Å². The molecule has 0 amide bonds. The molecule has 1 saturated heterocycles. The minimum atomic E-state index is 0.112. The molecule has 0 aromatic carbocycles. The van der Waals surface area contributed by atoms with E-state index in [0.717, 1.165) is 31.6 Å². The van der Waals surface area contributed by atoms with Gasteiger partial charge in [0.25, 0.3) is 0 Å². The van der Waals surface area contributed by atoms with E-state index in [2.05, 4.69) is 4.90 Å². The van der Waals surface area contributed by atoms with E-state index >= 15 is 0 Å². The number of hydrogen-bond donors (Lipinski definition) is 1. The second-order valence-corrected chi connectivity index (χ2v) is 3.99. The van der Waals surface area contributed by atoms with Gasteiger partial charge in [0.05, 0.1) is 12.2 Å². The van der Waals surface area contributed by atoms with Gasteiger partial charge < -0.3 is 10.5 Å². The summed E-state index contributed by atoms with van der Waals surface area (Å²) < 4.78 is 0. The average molecular weight is 168 g/mol. The summed E-state index contributed by atoms with van der Waals surface area (Å²) in [7, 11) is 0. The fourth-order valence-electron chi connectivity index (χ4n) is 1.93. The first kappa shape index (κ1) is 8.20. The van der Waals surface area contributed by atoms with Gasteiger partial charge in [-0.25, -0.2) is 0 Å². The third kappa shape index (κ3) is 1.52. The second kappa shape index (κ2) is 3.15. The molecule has 68 valence electrons. The largest absolute Gasteiger partial charge is 0.316 e. The molecule has 12 heavy (non-hydrogen) atoms. The van der Waals surface area contributed by atoms with Crippen LogP contribution >= 0.6 is 0 Å². The Labute approximate surface area is 72.9 Å². The number of likely N-dealkylation sites (tertiary alicyclic amines) is 1. The lowest BCUT2D eigenvalue weighted by molar-refractivity contribution is -0.112. The fraction of sp³-hybridized carbons (Fsp3) is 0.889. The number of aldehydes is 1. The van der Waals surface area contributed by atoms with Crippen molar-refractivity contribution >= 4 is 6.29 Å². The van der Waals surface area contributed by atoms with Gasteiger partial charge in [0, 0.05) is 6.54 Å². The van der Waals surface area contributed by atoms with Gasteiger partial charge in [-0.2, -0.15) is 0 Å². The summed E-state index contributed by atoms with van der Waals surface area (Å²) in [6.07, 6.45) is 5.78. The molecule has 2 N–H and O–H groups in total. The predicted octanol–water partition coefficient (Wildman–Crippen LogP) is 0.344. The van der Waals surface area contributed by atoms with E-state index in [0.29, 0.717) is 0 Å². The zero-order chi connectivity index (χ0) is 8.55. The van der Waals surface area contributed by atoms with Crippen LogP contribution in [0.15, 0.2) is 0 Å². The Morgan fingerprint density at radius 1 is 1.33 bits per heavy atom. The molecule has 0 bridgehead atoms. The molecule has 1 saturated carbocycles. The highest BCUT2D eigenvalue weighted by atomic mass is 16.1. The Balaban J connectivity index is 1.92. The Bertz CT molecular complexity index is 179. The number of rotatable bonds is 3. The molecular formula is C9H16N2O. The lowest BCUT2D eigenvalue weighted by atomic mass is 10.2. The smallest absolute Gasteiger partial charge is 0.137 e. The van der Waals surface area contributed by atoms with Gasteiger partial charge in [0.2, 0.25) is 0 Å². The molecular weight excluding hydrogens is 152 g/mol. The molecule has 2 aliphatic rings.